The lowest BCUT2D eigenvalue weighted by Crippen LogP contribution is -2.37. The summed E-state index contributed by atoms with van der Waals surface area (Å²) < 4.78 is 35.4. The molecule has 0 aliphatic heterocycles. The van der Waals surface area contributed by atoms with Gasteiger partial charge < -0.3 is 5.32 Å². The zero-order chi connectivity index (χ0) is 12.9. The summed E-state index contributed by atoms with van der Waals surface area (Å²) >= 11 is 7.06. The minimum absolute atomic E-state index is 0.0461. The van der Waals surface area contributed by atoms with E-state index in [1.165, 1.54) is 11.8 Å². The summed E-state index contributed by atoms with van der Waals surface area (Å²) in [6, 6.07) is 6.95. The molecule has 0 fully saturated rings. The van der Waals surface area contributed by atoms with Gasteiger partial charge in [-0.2, -0.15) is 13.2 Å². The van der Waals surface area contributed by atoms with E-state index in [1.54, 1.807) is 29.6 Å². The van der Waals surface area contributed by atoms with Gasteiger partial charge in [0.25, 0.3) is 0 Å². The summed E-state index contributed by atoms with van der Waals surface area (Å²) in [4.78, 5) is 11.3. The van der Waals surface area contributed by atoms with Crippen LogP contribution in [0.3, 0.4) is 0 Å². The van der Waals surface area contributed by atoms with Gasteiger partial charge in [0.2, 0.25) is 0 Å². The summed E-state index contributed by atoms with van der Waals surface area (Å²) in [5, 5.41) is 2.35. The first-order valence-electron chi connectivity index (χ1n) is 4.63. The minimum Gasteiger partial charge on any atom is -0.347 e. The summed E-state index contributed by atoms with van der Waals surface area (Å²) in [7, 11) is 0. The maximum absolute atomic E-state index is 11.8. The number of hydrogen-bond acceptors (Lipinski definition) is 2. The van der Waals surface area contributed by atoms with E-state index < -0.39 is 12.1 Å². The molecule has 0 aromatic heterocycles. The maximum Gasteiger partial charge on any atom is 0.471 e. The smallest absolute Gasteiger partial charge is 0.347 e. The van der Waals surface area contributed by atoms with Crippen LogP contribution < -0.4 is 5.32 Å². The molecule has 1 aromatic rings. The van der Waals surface area contributed by atoms with Gasteiger partial charge in [-0.05, 0) is 18.2 Å². The predicted molar refractivity (Wildman–Crippen MR) is 61.2 cm³/mol. The van der Waals surface area contributed by atoms with E-state index in [2.05, 4.69) is 0 Å². The summed E-state index contributed by atoms with van der Waals surface area (Å²) in [5.41, 5.74) is 0. The van der Waals surface area contributed by atoms with Crippen LogP contribution in [0.1, 0.15) is 0 Å². The molecule has 0 aliphatic rings. The number of thioether (sulfide) groups is 1. The fraction of sp³-hybridized carbons (Fsp3) is 0.300. The van der Waals surface area contributed by atoms with Crippen LogP contribution in [-0.2, 0) is 4.79 Å². The lowest BCUT2D eigenvalue weighted by atomic mass is 10.4. The molecule has 17 heavy (non-hydrogen) atoms. The lowest BCUT2D eigenvalue weighted by Gasteiger charge is -2.07. The van der Waals surface area contributed by atoms with Crippen LogP contribution in [0.4, 0.5) is 13.2 Å². The minimum atomic E-state index is -4.82. The average Bonchev–Trinajstić information content (AvgIpc) is 2.23. The fourth-order valence-corrected chi connectivity index (χ4v) is 2.07. The van der Waals surface area contributed by atoms with Gasteiger partial charge in [0.05, 0.1) is 0 Å². The van der Waals surface area contributed by atoms with Crippen LogP contribution in [0.5, 0.6) is 0 Å². The SMILES string of the molecule is O=C(NCCSc1cccc(Cl)c1)C(F)(F)F. The molecule has 0 saturated carbocycles. The second-order valence-corrected chi connectivity index (χ2v) is 4.66. The Morgan fingerprint density at radius 2 is 2.12 bits per heavy atom. The molecule has 0 aliphatic carbocycles. The summed E-state index contributed by atoms with van der Waals surface area (Å²) in [5.74, 6) is -1.56. The van der Waals surface area contributed by atoms with E-state index in [-0.39, 0.29) is 6.54 Å². The van der Waals surface area contributed by atoms with Gasteiger partial charge >= 0.3 is 12.1 Å². The van der Waals surface area contributed by atoms with Crippen LogP contribution >= 0.6 is 23.4 Å². The van der Waals surface area contributed by atoms with E-state index in [9.17, 15) is 18.0 Å². The Labute approximate surface area is 106 Å². The molecule has 94 valence electrons. The van der Waals surface area contributed by atoms with Crippen LogP contribution in [0.25, 0.3) is 0 Å². The van der Waals surface area contributed by atoms with E-state index in [4.69, 9.17) is 11.6 Å². The van der Waals surface area contributed by atoms with Crippen molar-refractivity contribution in [3.05, 3.63) is 29.3 Å². The third-order valence-corrected chi connectivity index (χ3v) is 2.94. The molecular formula is C10H9ClF3NOS. The highest BCUT2D eigenvalue weighted by atomic mass is 35.5. The number of rotatable bonds is 4. The topological polar surface area (TPSA) is 29.1 Å². The van der Waals surface area contributed by atoms with Crippen LogP contribution in [0.15, 0.2) is 29.2 Å². The van der Waals surface area contributed by atoms with Crippen molar-refractivity contribution in [3.63, 3.8) is 0 Å². The van der Waals surface area contributed by atoms with Crippen LogP contribution in [0.2, 0.25) is 5.02 Å². The molecule has 1 amide bonds. The molecule has 7 heteroatoms. The molecule has 0 saturated heterocycles. The number of amides is 1. The van der Waals surface area contributed by atoms with Crippen LogP contribution in [0, 0.1) is 0 Å². The zero-order valence-corrected chi connectivity index (χ0v) is 10.1. The van der Waals surface area contributed by atoms with Crippen molar-refractivity contribution in [2.75, 3.05) is 12.3 Å². The van der Waals surface area contributed by atoms with E-state index in [0.717, 1.165) is 4.90 Å². The molecule has 2 nitrogen and oxygen atoms in total. The highest BCUT2D eigenvalue weighted by Gasteiger charge is 2.38. The first-order valence-corrected chi connectivity index (χ1v) is 5.99. The third kappa shape index (κ3) is 5.32. The third-order valence-electron chi connectivity index (χ3n) is 1.71. The zero-order valence-electron chi connectivity index (χ0n) is 8.55. The average molecular weight is 284 g/mol. The van der Waals surface area contributed by atoms with Gasteiger partial charge in [0.1, 0.15) is 0 Å². The van der Waals surface area contributed by atoms with E-state index in [0.29, 0.717) is 10.8 Å². The Bertz CT molecular complexity index is 397. The molecule has 0 bridgehead atoms. The Kier molecular flexibility index (Phi) is 5.14. The highest BCUT2D eigenvalue weighted by Crippen LogP contribution is 2.21. The first-order chi connectivity index (χ1) is 7.89. The van der Waals surface area contributed by atoms with Gasteiger partial charge in [-0.1, -0.05) is 17.7 Å². The van der Waals surface area contributed by atoms with Crippen molar-refractivity contribution in [2.45, 2.75) is 11.1 Å². The Morgan fingerprint density at radius 1 is 1.41 bits per heavy atom. The molecule has 0 atom stereocenters. The number of alkyl halides is 3. The molecule has 0 spiro atoms. The number of nitrogens with one attached hydrogen (secondary N) is 1. The second kappa shape index (κ2) is 6.16. The quantitative estimate of drug-likeness (QED) is 0.679. The van der Waals surface area contributed by atoms with Crippen molar-refractivity contribution in [1.82, 2.24) is 5.32 Å². The number of halogens is 4. The second-order valence-electron chi connectivity index (χ2n) is 3.06. The fourth-order valence-electron chi connectivity index (χ4n) is 0.990. The molecule has 0 radical (unpaired) electrons. The normalized spacial score (nSPS) is 11.3. The number of carbonyl (C=O) groups excluding carboxylic acids is 1. The lowest BCUT2D eigenvalue weighted by molar-refractivity contribution is -0.173. The summed E-state index contributed by atoms with van der Waals surface area (Å²) in [6.45, 7) is -0.0461. The largest absolute Gasteiger partial charge is 0.471 e. The Hall–Kier alpha value is -0.880. The van der Waals surface area contributed by atoms with Gasteiger partial charge in [-0.25, -0.2) is 0 Å². The molecule has 1 rings (SSSR count). The molecule has 0 unspecified atom stereocenters. The maximum atomic E-state index is 11.8. The van der Waals surface area contributed by atoms with Crippen molar-refractivity contribution in [1.29, 1.82) is 0 Å². The van der Waals surface area contributed by atoms with Gasteiger partial charge in [0.15, 0.2) is 0 Å². The number of hydrogen-bond donors (Lipinski definition) is 1. The van der Waals surface area contributed by atoms with Crippen molar-refractivity contribution >= 4 is 29.3 Å². The molecule has 1 aromatic carbocycles. The Balaban J connectivity index is 2.28. The summed E-state index contributed by atoms with van der Waals surface area (Å²) in [6.07, 6.45) is -4.82. The van der Waals surface area contributed by atoms with Gasteiger partial charge in [-0.3, -0.25) is 4.79 Å². The molecular weight excluding hydrogens is 275 g/mol. The van der Waals surface area contributed by atoms with Crippen molar-refractivity contribution < 1.29 is 18.0 Å². The van der Waals surface area contributed by atoms with E-state index in [1.807, 2.05) is 0 Å². The van der Waals surface area contributed by atoms with Gasteiger partial charge in [0, 0.05) is 22.2 Å². The predicted octanol–water partition coefficient (Wildman–Crippen LogP) is 3.11. The van der Waals surface area contributed by atoms with E-state index >= 15 is 0 Å². The first kappa shape index (κ1) is 14.2. The molecule has 1 N–H and O–H groups in total. The van der Waals surface area contributed by atoms with Crippen molar-refractivity contribution in [2.24, 2.45) is 0 Å². The van der Waals surface area contributed by atoms with Gasteiger partial charge in [-0.15, -0.1) is 11.8 Å². The van der Waals surface area contributed by atoms with Crippen LogP contribution in [-0.4, -0.2) is 24.4 Å². The number of carbonyl (C=O) groups is 1. The number of benzene rings is 1. The monoisotopic (exact) mass is 283 g/mol. The highest BCUT2D eigenvalue weighted by molar-refractivity contribution is 7.99. The Morgan fingerprint density at radius 3 is 2.71 bits per heavy atom. The molecule has 0 heterocycles. The standard InChI is InChI=1S/C10H9ClF3NOS/c11-7-2-1-3-8(6-7)17-5-4-15-9(16)10(12,13)14/h1-3,6H,4-5H2,(H,15,16). The van der Waals surface area contributed by atoms with Crippen molar-refractivity contribution in [3.8, 4) is 0 Å².